The molecule has 84 valence electrons. The van der Waals surface area contributed by atoms with Crippen molar-refractivity contribution in [2.75, 3.05) is 12.3 Å². The summed E-state index contributed by atoms with van der Waals surface area (Å²) in [5.74, 6) is 0.710. The largest absolute Gasteiger partial charge is 0.399 e. The molecule has 1 atom stereocenters. The van der Waals surface area contributed by atoms with Crippen LogP contribution in [0.3, 0.4) is 0 Å². The lowest BCUT2D eigenvalue weighted by Gasteiger charge is -2.10. The lowest BCUT2D eigenvalue weighted by atomic mass is 10.1. The fraction of sp³-hybridized carbons (Fsp3) is 0.500. The van der Waals surface area contributed by atoms with Crippen molar-refractivity contribution >= 4 is 17.3 Å². The Morgan fingerprint density at radius 2 is 2.13 bits per heavy atom. The van der Waals surface area contributed by atoms with Crippen molar-refractivity contribution in [1.82, 2.24) is 5.32 Å². The van der Waals surface area contributed by atoms with Crippen LogP contribution in [0.2, 0.25) is 5.02 Å². The quantitative estimate of drug-likeness (QED) is 0.758. The molecular formula is C12H19ClN2. The van der Waals surface area contributed by atoms with E-state index in [0.717, 1.165) is 24.3 Å². The van der Waals surface area contributed by atoms with E-state index >= 15 is 0 Å². The number of benzene rings is 1. The van der Waals surface area contributed by atoms with E-state index in [1.807, 2.05) is 12.1 Å². The molecule has 1 unspecified atom stereocenters. The first-order valence-corrected chi connectivity index (χ1v) is 5.75. The van der Waals surface area contributed by atoms with Crippen LogP contribution in [0, 0.1) is 5.92 Å². The molecule has 15 heavy (non-hydrogen) atoms. The van der Waals surface area contributed by atoms with Crippen LogP contribution in [-0.4, -0.2) is 6.54 Å². The first-order chi connectivity index (χ1) is 7.11. The molecule has 0 saturated carbocycles. The molecule has 0 aliphatic heterocycles. The van der Waals surface area contributed by atoms with Crippen LogP contribution in [0.25, 0.3) is 0 Å². The zero-order chi connectivity index (χ0) is 11.3. The van der Waals surface area contributed by atoms with Gasteiger partial charge < -0.3 is 11.1 Å². The normalized spacial score (nSPS) is 12.7. The first kappa shape index (κ1) is 12.3. The number of nitrogens with one attached hydrogen (secondary N) is 1. The first-order valence-electron chi connectivity index (χ1n) is 5.37. The van der Waals surface area contributed by atoms with E-state index in [9.17, 15) is 0 Å². The van der Waals surface area contributed by atoms with Crippen molar-refractivity contribution in [1.29, 1.82) is 0 Å². The zero-order valence-corrected chi connectivity index (χ0v) is 10.1. The summed E-state index contributed by atoms with van der Waals surface area (Å²) in [6, 6.07) is 5.66. The van der Waals surface area contributed by atoms with Gasteiger partial charge in [-0.15, -0.1) is 0 Å². The van der Waals surface area contributed by atoms with Gasteiger partial charge in [0.05, 0.1) is 0 Å². The minimum absolute atomic E-state index is 0.704. The third-order valence-corrected chi connectivity index (χ3v) is 2.72. The van der Waals surface area contributed by atoms with Crippen LogP contribution < -0.4 is 11.1 Å². The maximum absolute atomic E-state index is 5.91. The molecular weight excluding hydrogens is 208 g/mol. The molecule has 0 amide bonds. The summed E-state index contributed by atoms with van der Waals surface area (Å²) >= 11 is 5.91. The molecule has 0 saturated heterocycles. The van der Waals surface area contributed by atoms with Crippen LogP contribution in [0.5, 0.6) is 0 Å². The summed E-state index contributed by atoms with van der Waals surface area (Å²) in [7, 11) is 0. The standard InChI is InChI=1S/C12H19ClN2/c1-3-9(2)7-15-8-10-4-11(13)6-12(14)5-10/h4-6,9,15H,3,7-8,14H2,1-2H3. The number of hydrogen-bond donors (Lipinski definition) is 2. The van der Waals surface area contributed by atoms with Gasteiger partial charge in [-0.25, -0.2) is 0 Å². The van der Waals surface area contributed by atoms with Crippen LogP contribution >= 0.6 is 11.6 Å². The molecule has 0 spiro atoms. The van der Waals surface area contributed by atoms with Gasteiger partial charge in [-0.2, -0.15) is 0 Å². The smallest absolute Gasteiger partial charge is 0.0429 e. The van der Waals surface area contributed by atoms with E-state index in [0.29, 0.717) is 10.9 Å². The number of halogens is 1. The Balaban J connectivity index is 2.43. The zero-order valence-electron chi connectivity index (χ0n) is 9.39. The minimum atomic E-state index is 0.704. The van der Waals surface area contributed by atoms with Crippen molar-refractivity contribution in [3.8, 4) is 0 Å². The SMILES string of the molecule is CCC(C)CNCc1cc(N)cc(Cl)c1. The fourth-order valence-corrected chi connectivity index (χ4v) is 1.65. The highest BCUT2D eigenvalue weighted by atomic mass is 35.5. The molecule has 1 aromatic carbocycles. The maximum Gasteiger partial charge on any atom is 0.0429 e. The van der Waals surface area contributed by atoms with E-state index in [-0.39, 0.29) is 0 Å². The summed E-state index contributed by atoms with van der Waals surface area (Å²) in [6.45, 7) is 6.29. The molecule has 0 aromatic heterocycles. The molecule has 0 aliphatic carbocycles. The minimum Gasteiger partial charge on any atom is -0.399 e. The Labute approximate surface area is 96.8 Å². The summed E-state index contributed by atoms with van der Waals surface area (Å²) in [5, 5.41) is 4.10. The number of hydrogen-bond acceptors (Lipinski definition) is 2. The Morgan fingerprint density at radius 3 is 2.73 bits per heavy atom. The molecule has 0 radical (unpaired) electrons. The Hall–Kier alpha value is -0.730. The lowest BCUT2D eigenvalue weighted by Crippen LogP contribution is -2.20. The summed E-state index contributed by atoms with van der Waals surface area (Å²) in [6.07, 6.45) is 1.20. The molecule has 0 bridgehead atoms. The van der Waals surface area contributed by atoms with Crippen molar-refractivity contribution in [3.05, 3.63) is 28.8 Å². The van der Waals surface area contributed by atoms with Crippen molar-refractivity contribution in [2.24, 2.45) is 5.92 Å². The average molecular weight is 227 g/mol. The molecule has 2 nitrogen and oxygen atoms in total. The summed E-state index contributed by atoms with van der Waals surface area (Å²) < 4.78 is 0. The maximum atomic E-state index is 5.91. The van der Waals surface area contributed by atoms with Crippen molar-refractivity contribution < 1.29 is 0 Å². The molecule has 3 heteroatoms. The summed E-state index contributed by atoms with van der Waals surface area (Å²) in [4.78, 5) is 0. The molecule has 3 N–H and O–H groups in total. The van der Waals surface area contributed by atoms with Gasteiger partial charge in [0.2, 0.25) is 0 Å². The van der Waals surface area contributed by atoms with Gasteiger partial charge >= 0.3 is 0 Å². The van der Waals surface area contributed by atoms with Gasteiger partial charge in [-0.3, -0.25) is 0 Å². The Bertz CT molecular complexity index is 292. The van der Waals surface area contributed by atoms with Gasteiger partial charge in [-0.05, 0) is 36.2 Å². The van der Waals surface area contributed by atoms with Gasteiger partial charge in [0.1, 0.15) is 0 Å². The number of nitrogen functional groups attached to an aromatic ring is 1. The van der Waals surface area contributed by atoms with E-state index in [4.69, 9.17) is 17.3 Å². The summed E-state index contributed by atoms with van der Waals surface area (Å²) in [5.41, 5.74) is 7.57. The monoisotopic (exact) mass is 226 g/mol. The van der Waals surface area contributed by atoms with Crippen LogP contribution in [0.4, 0.5) is 5.69 Å². The van der Waals surface area contributed by atoms with Gasteiger partial charge in [-0.1, -0.05) is 31.9 Å². The Kier molecular flexibility index (Phi) is 4.92. The number of anilines is 1. The topological polar surface area (TPSA) is 38.0 Å². The lowest BCUT2D eigenvalue weighted by molar-refractivity contribution is 0.500. The van der Waals surface area contributed by atoms with Gasteiger partial charge in [0.15, 0.2) is 0 Å². The van der Waals surface area contributed by atoms with E-state index in [2.05, 4.69) is 19.2 Å². The molecule has 0 fully saturated rings. The van der Waals surface area contributed by atoms with E-state index in [1.54, 1.807) is 6.07 Å². The predicted molar refractivity (Wildman–Crippen MR) is 67.0 cm³/mol. The molecule has 0 heterocycles. The van der Waals surface area contributed by atoms with Crippen LogP contribution in [-0.2, 0) is 6.54 Å². The van der Waals surface area contributed by atoms with Crippen molar-refractivity contribution in [2.45, 2.75) is 26.8 Å². The van der Waals surface area contributed by atoms with E-state index < -0.39 is 0 Å². The number of rotatable bonds is 5. The van der Waals surface area contributed by atoms with Gasteiger partial charge in [0.25, 0.3) is 0 Å². The second-order valence-corrected chi connectivity index (χ2v) is 4.47. The van der Waals surface area contributed by atoms with Crippen LogP contribution in [0.15, 0.2) is 18.2 Å². The second-order valence-electron chi connectivity index (χ2n) is 4.04. The third kappa shape index (κ3) is 4.54. The highest BCUT2D eigenvalue weighted by Crippen LogP contribution is 2.16. The third-order valence-electron chi connectivity index (χ3n) is 2.50. The van der Waals surface area contributed by atoms with Gasteiger partial charge in [0, 0.05) is 17.3 Å². The molecule has 0 aliphatic rings. The second kappa shape index (κ2) is 5.99. The highest BCUT2D eigenvalue weighted by molar-refractivity contribution is 6.30. The number of nitrogens with two attached hydrogens (primary N) is 1. The molecule has 1 aromatic rings. The van der Waals surface area contributed by atoms with Crippen LogP contribution in [0.1, 0.15) is 25.8 Å². The van der Waals surface area contributed by atoms with E-state index in [1.165, 1.54) is 6.42 Å². The predicted octanol–water partition coefficient (Wildman–Crippen LogP) is 3.06. The highest BCUT2D eigenvalue weighted by Gasteiger charge is 2.00. The average Bonchev–Trinajstić information content (AvgIpc) is 2.16. The Morgan fingerprint density at radius 1 is 1.40 bits per heavy atom. The van der Waals surface area contributed by atoms with Crippen molar-refractivity contribution in [3.63, 3.8) is 0 Å². The fourth-order valence-electron chi connectivity index (χ4n) is 1.38. The molecule has 1 rings (SSSR count).